The number of carboxylic acids is 1. The van der Waals surface area contributed by atoms with Crippen LogP contribution in [-0.4, -0.2) is 17.0 Å². The number of carboxylic acid groups (broad SMARTS) is 1. The van der Waals surface area contributed by atoms with Gasteiger partial charge in [0.15, 0.2) is 5.75 Å². The lowest BCUT2D eigenvalue weighted by atomic mass is 10.2. The van der Waals surface area contributed by atoms with Crippen LogP contribution >= 0.6 is 23.2 Å². The summed E-state index contributed by atoms with van der Waals surface area (Å²) in [5.74, 6) is -2.28. The molecule has 0 aliphatic carbocycles. The largest absolute Gasteiger partial charge is 0.478 e. The fourth-order valence-corrected chi connectivity index (χ4v) is 1.53. The first-order valence-corrected chi connectivity index (χ1v) is 5.18. The molecule has 1 aromatic rings. The molecule has 90 valence electrons. The van der Waals surface area contributed by atoms with E-state index in [1.165, 1.54) is 13.0 Å². The smallest absolute Gasteiger partial charge is 0.339 e. The highest BCUT2D eigenvalue weighted by Crippen LogP contribution is 2.32. The van der Waals surface area contributed by atoms with Gasteiger partial charge in [0.1, 0.15) is 5.56 Å². The van der Waals surface area contributed by atoms with Crippen LogP contribution in [0, 0.1) is 0 Å². The molecule has 1 rings (SSSR count). The molecule has 0 radical (unpaired) electrons. The maximum atomic E-state index is 11.3. The lowest BCUT2D eigenvalue weighted by Gasteiger charge is -2.09. The van der Waals surface area contributed by atoms with Crippen LogP contribution in [0.4, 0.5) is 0 Å². The first kappa shape index (κ1) is 13.5. The molecule has 0 aliphatic rings. The number of carbonyl (C=O) groups excluding carboxylic acids is 1. The summed E-state index contributed by atoms with van der Waals surface area (Å²) in [6, 6.07) is 2.44. The fraction of sp³-hybridized carbons (Fsp3) is 0.0909. The van der Waals surface area contributed by atoms with Crippen molar-refractivity contribution in [2.45, 2.75) is 6.92 Å². The van der Waals surface area contributed by atoms with Crippen LogP contribution in [0.2, 0.25) is 10.0 Å². The second-order valence-electron chi connectivity index (χ2n) is 3.24. The molecule has 4 nitrogen and oxygen atoms in total. The summed E-state index contributed by atoms with van der Waals surface area (Å²) in [4.78, 5) is 22.3. The molecular weight excluding hydrogens is 267 g/mol. The predicted octanol–water partition coefficient (Wildman–Crippen LogP) is 3.17. The average molecular weight is 275 g/mol. The van der Waals surface area contributed by atoms with Crippen LogP contribution in [-0.2, 0) is 4.79 Å². The fourth-order valence-electron chi connectivity index (χ4n) is 1.00. The lowest BCUT2D eigenvalue weighted by Crippen LogP contribution is -2.12. The van der Waals surface area contributed by atoms with Crippen molar-refractivity contribution >= 4 is 35.1 Å². The molecule has 0 spiro atoms. The third-order valence-corrected chi connectivity index (χ3v) is 2.28. The molecule has 17 heavy (non-hydrogen) atoms. The number of benzene rings is 1. The Morgan fingerprint density at radius 3 is 2.41 bits per heavy atom. The number of hydrogen-bond donors (Lipinski definition) is 1. The Balaban J connectivity index is 3.26. The Labute approximate surface area is 107 Å². The maximum Gasteiger partial charge on any atom is 0.339 e. The van der Waals surface area contributed by atoms with E-state index in [9.17, 15) is 9.59 Å². The molecular formula is C11H8Cl2O4. The van der Waals surface area contributed by atoms with Crippen molar-refractivity contribution in [3.63, 3.8) is 0 Å². The van der Waals surface area contributed by atoms with Crippen LogP contribution in [0.25, 0.3) is 0 Å². The summed E-state index contributed by atoms with van der Waals surface area (Å²) in [5.41, 5.74) is -0.149. The normalized spacial score (nSPS) is 9.82. The molecule has 0 unspecified atom stereocenters. The molecule has 0 amide bonds. The minimum Gasteiger partial charge on any atom is -0.478 e. The van der Waals surface area contributed by atoms with Crippen molar-refractivity contribution in [3.05, 3.63) is 39.9 Å². The number of halogens is 2. The molecule has 0 heterocycles. The monoisotopic (exact) mass is 274 g/mol. The van der Waals surface area contributed by atoms with Crippen LogP contribution in [0.5, 0.6) is 5.75 Å². The van der Waals surface area contributed by atoms with Gasteiger partial charge in [-0.25, -0.2) is 9.59 Å². The Morgan fingerprint density at radius 2 is 1.94 bits per heavy atom. The van der Waals surface area contributed by atoms with Crippen molar-refractivity contribution in [2.75, 3.05) is 0 Å². The number of hydrogen-bond acceptors (Lipinski definition) is 3. The van der Waals surface area contributed by atoms with Crippen molar-refractivity contribution in [2.24, 2.45) is 0 Å². The summed E-state index contributed by atoms with van der Waals surface area (Å²) in [6.45, 7) is 4.82. The molecule has 0 atom stereocenters. The third-order valence-electron chi connectivity index (χ3n) is 1.78. The topological polar surface area (TPSA) is 63.6 Å². The minimum atomic E-state index is -1.29. The van der Waals surface area contributed by atoms with Gasteiger partial charge in [-0.3, -0.25) is 0 Å². The van der Waals surface area contributed by atoms with Gasteiger partial charge in [-0.15, -0.1) is 0 Å². The van der Waals surface area contributed by atoms with Crippen LogP contribution in [0.15, 0.2) is 24.3 Å². The van der Waals surface area contributed by atoms with Gasteiger partial charge in [0.25, 0.3) is 0 Å². The Bertz CT molecular complexity index is 508. The molecule has 1 N–H and O–H groups in total. The summed E-state index contributed by atoms with van der Waals surface area (Å²) in [6.07, 6.45) is 0. The van der Waals surface area contributed by atoms with E-state index in [-0.39, 0.29) is 26.9 Å². The van der Waals surface area contributed by atoms with Crippen molar-refractivity contribution in [1.29, 1.82) is 0 Å². The summed E-state index contributed by atoms with van der Waals surface area (Å²) < 4.78 is 4.84. The van der Waals surface area contributed by atoms with E-state index < -0.39 is 11.9 Å². The third kappa shape index (κ3) is 3.22. The number of esters is 1. The summed E-state index contributed by atoms with van der Waals surface area (Å²) >= 11 is 11.4. The summed E-state index contributed by atoms with van der Waals surface area (Å²) in [7, 11) is 0. The number of aromatic carboxylic acids is 1. The standard InChI is InChI=1S/C11H8Cl2O4/c1-5(2)11(16)17-9-7(10(14)15)3-6(12)4-8(9)13/h3-4H,1H2,2H3,(H,14,15). The van der Waals surface area contributed by atoms with Crippen LogP contribution in [0.3, 0.4) is 0 Å². The molecule has 0 fully saturated rings. The maximum absolute atomic E-state index is 11.3. The Morgan fingerprint density at radius 1 is 1.35 bits per heavy atom. The van der Waals surface area contributed by atoms with Gasteiger partial charge in [-0.1, -0.05) is 29.8 Å². The van der Waals surface area contributed by atoms with E-state index in [1.807, 2.05) is 0 Å². The van der Waals surface area contributed by atoms with E-state index in [0.29, 0.717) is 0 Å². The van der Waals surface area contributed by atoms with Gasteiger partial charge in [0, 0.05) is 10.6 Å². The van der Waals surface area contributed by atoms with Crippen LogP contribution in [0.1, 0.15) is 17.3 Å². The number of carbonyl (C=O) groups is 2. The zero-order valence-electron chi connectivity index (χ0n) is 8.79. The van der Waals surface area contributed by atoms with Gasteiger partial charge in [0.2, 0.25) is 0 Å². The Kier molecular flexibility index (Phi) is 4.15. The highest BCUT2D eigenvalue weighted by molar-refractivity contribution is 6.36. The zero-order valence-corrected chi connectivity index (χ0v) is 10.3. The molecule has 1 aromatic carbocycles. The molecule has 0 bridgehead atoms. The van der Waals surface area contributed by atoms with Crippen molar-refractivity contribution in [1.82, 2.24) is 0 Å². The van der Waals surface area contributed by atoms with Gasteiger partial charge in [-0.05, 0) is 19.1 Å². The second kappa shape index (κ2) is 5.21. The van der Waals surface area contributed by atoms with E-state index in [1.54, 1.807) is 0 Å². The van der Waals surface area contributed by atoms with E-state index in [2.05, 4.69) is 6.58 Å². The minimum absolute atomic E-state index is 0.0514. The van der Waals surface area contributed by atoms with Crippen molar-refractivity contribution in [3.8, 4) is 5.75 Å². The number of ether oxygens (including phenoxy) is 1. The first-order valence-electron chi connectivity index (χ1n) is 4.43. The van der Waals surface area contributed by atoms with Crippen molar-refractivity contribution < 1.29 is 19.4 Å². The predicted molar refractivity (Wildman–Crippen MR) is 63.9 cm³/mol. The zero-order chi connectivity index (χ0) is 13.2. The van der Waals surface area contributed by atoms with Gasteiger partial charge in [0.05, 0.1) is 5.02 Å². The Hall–Kier alpha value is -1.52. The summed E-state index contributed by atoms with van der Waals surface area (Å²) in [5, 5.41) is 9.02. The van der Waals surface area contributed by atoms with Gasteiger partial charge < -0.3 is 9.84 Å². The van der Waals surface area contributed by atoms with E-state index in [4.69, 9.17) is 33.0 Å². The molecule has 6 heteroatoms. The average Bonchev–Trinajstić information content (AvgIpc) is 2.20. The molecule has 0 saturated carbocycles. The molecule has 0 aliphatic heterocycles. The van der Waals surface area contributed by atoms with E-state index >= 15 is 0 Å². The van der Waals surface area contributed by atoms with Gasteiger partial charge >= 0.3 is 11.9 Å². The highest BCUT2D eigenvalue weighted by atomic mass is 35.5. The van der Waals surface area contributed by atoms with E-state index in [0.717, 1.165) is 6.07 Å². The molecule has 0 saturated heterocycles. The lowest BCUT2D eigenvalue weighted by molar-refractivity contribution is -0.130. The quantitative estimate of drug-likeness (QED) is 0.522. The highest BCUT2D eigenvalue weighted by Gasteiger charge is 2.19. The molecule has 0 aromatic heterocycles. The first-order chi connectivity index (χ1) is 7.82. The number of rotatable bonds is 3. The van der Waals surface area contributed by atoms with Crippen LogP contribution < -0.4 is 4.74 Å². The SMILES string of the molecule is C=C(C)C(=O)Oc1c(Cl)cc(Cl)cc1C(=O)O. The second-order valence-corrected chi connectivity index (χ2v) is 4.08. The van der Waals surface area contributed by atoms with Gasteiger partial charge in [-0.2, -0.15) is 0 Å².